The van der Waals surface area contributed by atoms with E-state index in [1.807, 2.05) is 30.7 Å². The normalized spacial score (nSPS) is 12.4. The average Bonchev–Trinajstić information content (AvgIpc) is 2.41. The molecule has 1 unspecified atom stereocenters. The topological polar surface area (TPSA) is 37.8 Å². The van der Waals surface area contributed by atoms with Crippen molar-refractivity contribution in [1.29, 1.82) is 0 Å². The van der Waals surface area contributed by atoms with Gasteiger partial charge in [-0.25, -0.2) is 0 Å². The summed E-state index contributed by atoms with van der Waals surface area (Å²) >= 11 is 0. The first-order valence-electron chi connectivity index (χ1n) is 6.78. The highest BCUT2D eigenvalue weighted by atomic mass is 14.9. The maximum Gasteiger partial charge on any atom is 0.0769 e. The van der Waals surface area contributed by atoms with Crippen molar-refractivity contribution in [2.75, 3.05) is 6.54 Å². The van der Waals surface area contributed by atoms with Crippen molar-refractivity contribution in [3.63, 3.8) is 0 Å². The number of hydrogen-bond donors (Lipinski definition) is 1. The predicted molar refractivity (Wildman–Crippen MR) is 78.1 cm³/mol. The minimum atomic E-state index is 0.119. The maximum absolute atomic E-state index is 4.52. The van der Waals surface area contributed by atoms with Gasteiger partial charge in [0.15, 0.2) is 0 Å². The van der Waals surface area contributed by atoms with Crippen LogP contribution in [0.4, 0.5) is 0 Å². The monoisotopic (exact) mass is 255 g/mol. The second kappa shape index (κ2) is 6.43. The van der Waals surface area contributed by atoms with Gasteiger partial charge in [0.05, 0.1) is 11.7 Å². The molecule has 0 aliphatic carbocycles. The molecule has 0 aromatic carbocycles. The number of aromatic nitrogens is 2. The predicted octanol–water partition coefficient (Wildman–Crippen LogP) is 3.18. The van der Waals surface area contributed by atoms with Gasteiger partial charge in [0.1, 0.15) is 0 Å². The number of hydrogen-bond acceptors (Lipinski definition) is 3. The Bertz CT molecular complexity index is 537. The highest BCUT2D eigenvalue weighted by Crippen LogP contribution is 2.23. The molecule has 0 aliphatic heterocycles. The largest absolute Gasteiger partial charge is 0.305 e. The fourth-order valence-electron chi connectivity index (χ4n) is 2.16. The van der Waals surface area contributed by atoms with Gasteiger partial charge in [-0.05, 0) is 61.7 Å². The van der Waals surface area contributed by atoms with Crippen molar-refractivity contribution in [3.8, 4) is 0 Å². The van der Waals surface area contributed by atoms with Gasteiger partial charge < -0.3 is 5.32 Å². The lowest BCUT2D eigenvalue weighted by Crippen LogP contribution is -2.25. The van der Waals surface area contributed by atoms with Gasteiger partial charge in [-0.3, -0.25) is 9.97 Å². The second-order valence-corrected chi connectivity index (χ2v) is 4.88. The van der Waals surface area contributed by atoms with Crippen LogP contribution in [0.2, 0.25) is 0 Å². The van der Waals surface area contributed by atoms with Crippen molar-refractivity contribution < 1.29 is 0 Å². The van der Waals surface area contributed by atoms with Crippen molar-refractivity contribution in [2.45, 2.75) is 33.2 Å². The van der Waals surface area contributed by atoms with E-state index in [-0.39, 0.29) is 6.04 Å². The Hall–Kier alpha value is -1.74. The third-order valence-corrected chi connectivity index (χ3v) is 3.22. The molecule has 0 saturated heterocycles. The van der Waals surface area contributed by atoms with Crippen LogP contribution in [0.15, 0.2) is 36.8 Å². The van der Waals surface area contributed by atoms with Crippen molar-refractivity contribution in [2.24, 2.45) is 0 Å². The van der Waals surface area contributed by atoms with Gasteiger partial charge in [0, 0.05) is 18.6 Å². The van der Waals surface area contributed by atoms with Crippen LogP contribution >= 0.6 is 0 Å². The van der Waals surface area contributed by atoms with Crippen LogP contribution in [-0.2, 0) is 0 Å². The smallest absolute Gasteiger partial charge is 0.0769 e. The fraction of sp³-hybridized carbons (Fsp3) is 0.375. The van der Waals surface area contributed by atoms with Crippen LogP contribution < -0.4 is 5.32 Å². The summed E-state index contributed by atoms with van der Waals surface area (Å²) in [6.07, 6.45) is 6.74. The first kappa shape index (κ1) is 13.7. The van der Waals surface area contributed by atoms with Crippen molar-refractivity contribution in [3.05, 3.63) is 59.2 Å². The number of rotatable bonds is 5. The third-order valence-electron chi connectivity index (χ3n) is 3.22. The molecule has 0 spiro atoms. The Morgan fingerprint density at radius 1 is 1.21 bits per heavy atom. The highest BCUT2D eigenvalue weighted by molar-refractivity contribution is 5.33. The van der Waals surface area contributed by atoms with Crippen LogP contribution in [0.5, 0.6) is 0 Å². The van der Waals surface area contributed by atoms with E-state index < -0.39 is 0 Å². The zero-order chi connectivity index (χ0) is 13.7. The fourth-order valence-corrected chi connectivity index (χ4v) is 2.16. The minimum absolute atomic E-state index is 0.119. The lowest BCUT2D eigenvalue weighted by atomic mass is 9.99. The van der Waals surface area contributed by atoms with Crippen LogP contribution in [0.3, 0.4) is 0 Å². The van der Waals surface area contributed by atoms with E-state index in [0.29, 0.717) is 0 Å². The van der Waals surface area contributed by atoms with Crippen LogP contribution in [-0.4, -0.2) is 16.5 Å². The molecule has 2 heterocycles. The van der Waals surface area contributed by atoms with E-state index in [1.54, 1.807) is 0 Å². The summed E-state index contributed by atoms with van der Waals surface area (Å²) in [4.78, 5) is 8.77. The van der Waals surface area contributed by atoms with E-state index in [2.05, 4.69) is 42.1 Å². The third kappa shape index (κ3) is 3.38. The minimum Gasteiger partial charge on any atom is -0.305 e. The molecule has 1 atom stereocenters. The molecular weight excluding hydrogens is 234 g/mol. The first-order chi connectivity index (χ1) is 9.22. The van der Waals surface area contributed by atoms with E-state index in [4.69, 9.17) is 0 Å². The molecule has 3 heteroatoms. The van der Waals surface area contributed by atoms with E-state index >= 15 is 0 Å². The summed E-state index contributed by atoms with van der Waals surface area (Å²) < 4.78 is 0. The average molecular weight is 255 g/mol. The van der Waals surface area contributed by atoms with Gasteiger partial charge in [-0.1, -0.05) is 6.92 Å². The Morgan fingerprint density at radius 2 is 2.05 bits per heavy atom. The Labute approximate surface area is 115 Å². The van der Waals surface area contributed by atoms with Gasteiger partial charge in [-0.15, -0.1) is 0 Å². The lowest BCUT2D eigenvalue weighted by molar-refractivity contribution is 0.582. The van der Waals surface area contributed by atoms with E-state index in [1.165, 1.54) is 16.7 Å². The quantitative estimate of drug-likeness (QED) is 0.891. The molecule has 100 valence electrons. The molecule has 3 nitrogen and oxygen atoms in total. The van der Waals surface area contributed by atoms with E-state index in [0.717, 1.165) is 18.7 Å². The molecule has 0 radical (unpaired) electrons. The summed E-state index contributed by atoms with van der Waals surface area (Å²) in [6, 6.07) is 6.33. The van der Waals surface area contributed by atoms with Crippen molar-refractivity contribution in [1.82, 2.24) is 15.3 Å². The van der Waals surface area contributed by atoms with Gasteiger partial charge in [0.25, 0.3) is 0 Å². The summed E-state index contributed by atoms with van der Waals surface area (Å²) in [5.41, 5.74) is 4.74. The van der Waals surface area contributed by atoms with Crippen LogP contribution in [0, 0.1) is 13.8 Å². The highest BCUT2D eigenvalue weighted by Gasteiger charge is 2.16. The number of pyridine rings is 2. The zero-order valence-corrected chi connectivity index (χ0v) is 11.9. The van der Waals surface area contributed by atoms with Crippen LogP contribution in [0.25, 0.3) is 0 Å². The van der Waals surface area contributed by atoms with E-state index in [9.17, 15) is 0 Å². The molecule has 0 bridgehead atoms. The number of nitrogens with one attached hydrogen (secondary N) is 1. The zero-order valence-electron chi connectivity index (χ0n) is 11.9. The molecular formula is C16H21N3. The first-order valence-corrected chi connectivity index (χ1v) is 6.78. The second-order valence-electron chi connectivity index (χ2n) is 4.88. The molecule has 0 saturated carbocycles. The molecule has 19 heavy (non-hydrogen) atoms. The number of nitrogens with zero attached hydrogens (tertiary/aromatic N) is 2. The summed E-state index contributed by atoms with van der Waals surface area (Å²) in [6.45, 7) is 7.35. The Kier molecular flexibility index (Phi) is 4.63. The summed E-state index contributed by atoms with van der Waals surface area (Å²) in [5.74, 6) is 0. The van der Waals surface area contributed by atoms with Crippen molar-refractivity contribution >= 4 is 0 Å². The summed E-state index contributed by atoms with van der Waals surface area (Å²) in [7, 11) is 0. The molecule has 0 aliphatic rings. The van der Waals surface area contributed by atoms with Crippen LogP contribution in [0.1, 0.15) is 41.8 Å². The lowest BCUT2D eigenvalue weighted by Gasteiger charge is -2.20. The van der Waals surface area contributed by atoms with Gasteiger partial charge in [-0.2, -0.15) is 0 Å². The number of aryl methyl sites for hydroxylation is 2. The SMILES string of the molecule is CCCNC(c1cc(C)ccn1)c1cnccc1C. The molecule has 0 fully saturated rings. The molecule has 2 aromatic rings. The Balaban J connectivity index is 2.38. The standard InChI is InChI=1S/C16H21N3/c1-4-7-19-16(14-11-17-8-6-13(14)3)15-10-12(2)5-9-18-15/h5-6,8-11,16,19H,4,7H2,1-3H3. The molecule has 0 amide bonds. The Morgan fingerprint density at radius 3 is 2.74 bits per heavy atom. The summed E-state index contributed by atoms with van der Waals surface area (Å²) in [5, 5.41) is 3.57. The maximum atomic E-state index is 4.52. The molecule has 2 rings (SSSR count). The molecule has 1 N–H and O–H groups in total. The van der Waals surface area contributed by atoms with Gasteiger partial charge >= 0.3 is 0 Å². The molecule has 2 aromatic heterocycles. The van der Waals surface area contributed by atoms with Gasteiger partial charge in [0.2, 0.25) is 0 Å².